The van der Waals surface area contributed by atoms with Gasteiger partial charge < -0.3 is 23.8 Å². The normalized spacial score (nSPS) is 11.5. The molecular weight excluding hydrogens is 306 g/mol. The van der Waals surface area contributed by atoms with E-state index in [4.69, 9.17) is 30.5 Å². The molecule has 0 fully saturated rings. The predicted octanol–water partition coefficient (Wildman–Crippen LogP) is 2.41. The molecule has 0 aliphatic carbocycles. The lowest BCUT2D eigenvalue weighted by Crippen LogP contribution is -2.19. The molecule has 0 bridgehead atoms. The molecule has 0 spiro atoms. The molecule has 22 heavy (non-hydrogen) atoms. The van der Waals surface area contributed by atoms with Gasteiger partial charge in [0.25, 0.3) is 0 Å². The zero-order valence-electron chi connectivity index (χ0n) is 14.4. The average molecular weight is 340 g/mol. The molecule has 6 heteroatoms. The summed E-state index contributed by atoms with van der Waals surface area (Å²) in [5.74, 6) is 0.763. The molecule has 0 heterocycles. The van der Waals surface area contributed by atoms with Crippen molar-refractivity contribution in [2.75, 3.05) is 79.4 Å². The summed E-state index contributed by atoms with van der Waals surface area (Å²) in [5, 5.41) is 0. The van der Waals surface area contributed by atoms with Gasteiger partial charge in [0.2, 0.25) is 0 Å². The van der Waals surface area contributed by atoms with Gasteiger partial charge in [-0.3, -0.25) is 0 Å². The van der Waals surface area contributed by atoms with Crippen LogP contribution in [0, 0.1) is 0 Å². The van der Waals surface area contributed by atoms with Crippen LogP contribution < -0.4 is 0 Å². The fourth-order valence-corrected chi connectivity index (χ4v) is 1.85. The molecule has 0 N–H and O–H groups in total. The Morgan fingerprint density at radius 1 is 0.591 bits per heavy atom. The summed E-state index contributed by atoms with van der Waals surface area (Å²) in [5.41, 5.74) is 0. The van der Waals surface area contributed by atoms with Crippen molar-refractivity contribution in [1.82, 2.24) is 4.90 Å². The summed E-state index contributed by atoms with van der Waals surface area (Å²) in [6, 6.07) is 0. The number of halogens is 1. The second kappa shape index (κ2) is 19.1. The third-order valence-corrected chi connectivity index (χ3v) is 3.24. The number of nitrogens with zero attached hydrogens (tertiary/aromatic N) is 1. The molecule has 0 rings (SSSR count). The van der Waals surface area contributed by atoms with Gasteiger partial charge in [0.1, 0.15) is 0 Å². The molecule has 0 saturated heterocycles. The molecule has 0 unspecified atom stereocenters. The third kappa shape index (κ3) is 20.1. The first kappa shape index (κ1) is 22.1. The van der Waals surface area contributed by atoms with E-state index >= 15 is 0 Å². The van der Waals surface area contributed by atoms with Crippen molar-refractivity contribution >= 4 is 11.6 Å². The van der Waals surface area contributed by atoms with Crippen LogP contribution in [0.2, 0.25) is 0 Å². The van der Waals surface area contributed by atoms with Crippen LogP contribution in [0.1, 0.15) is 25.7 Å². The number of hydrogen-bond donors (Lipinski definition) is 0. The topological polar surface area (TPSA) is 40.2 Å². The fraction of sp³-hybridized carbons (Fsp3) is 1.00. The van der Waals surface area contributed by atoms with E-state index < -0.39 is 0 Å². The largest absolute Gasteiger partial charge is 0.379 e. The van der Waals surface area contributed by atoms with Crippen molar-refractivity contribution in [2.24, 2.45) is 0 Å². The highest BCUT2D eigenvalue weighted by Crippen LogP contribution is 2.00. The smallest absolute Gasteiger partial charge is 0.0701 e. The Morgan fingerprint density at radius 2 is 1.05 bits per heavy atom. The molecule has 134 valence electrons. The van der Waals surface area contributed by atoms with Crippen LogP contribution >= 0.6 is 11.6 Å². The maximum absolute atomic E-state index is 5.61. The summed E-state index contributed by atoms with van der Waals surface area (Å²) in [6.07, 6.45) is 4.59. The lowest BCUT2D eigenvalue weighted by Gasteiger charge is -2.10. The first-order valence-corrected chi connectivity index (χ1v) is 8.82. The minimum absolute atomic E-state index is 0.607. The third-order valence-electron chi connectivity index (χ3n) is 2.97. The van der Waals surface area contributed by atoms with Gasteiger partial charge in [-0.25, -0.2) is 0 Å². The van der Waals surface area contributed by atoms with Gasteiger partial charge in [0, 0.05) is 19.0 Å². The summed E-state index contributed by atoms with van der Waals surface area (Å²) in [7, 11) is 4.06. The maximum atomic E-state index is 5.61. The summed E-state index contributed by atoms with van der Waals surface area (Å²) in [4.78, 5) is 2.09. The number of ether oxygens (including phenoxy) is 4. The van der Waals surface area contributed by atoms with Gasteiger partial charge >= 0.3 is 0 Å². The molecule has 5 nitrogen and oxygen atoms in total. The number of likely N-dealkylation sites (N-methyl/N-ethyl adjacent to an activating group) is 1. The molecular formula is C16H34ClNO4. The van der Waals surface area contributed by atoms with Gasteiger partial charge in [-0.05, 0) is 26.9 Å². The van der Waals surface area contributed by atoms with E-state index in [0.717, 1.165) is 38.5 Å². The second-order valence-electron chi connectivity index (χ2n) is 5.36. The Balaban J connectivity index is 2.94. The van der Waals surface area contributed by atoms with Crippen LogP contribution in [0.3, 0.4) is 0 Å². The van der Waals surface area contributed by atoms with Crippen molar-refractivity contribution < 1.29 is 18.9 Å². The van der Waals surface area contributed by atoms with Gasteiger partial charge in [-0.1, -0.05) is 12.8 Å². The quantitative estimate of drug-likeness (QED) is 0.283. The molecule has 0 aromatic carbocycles. The van der Waals surface area contributed by atoms with E-state index in [1.54, 1.807) is 0 Å². The van der Waals surface area contributed by atoms with E-state index in [1.807, 2.05) is 14.1 Å². The van der Waals surface area contributed by atoms with Crippen LogP contribution in [0.25, 0.3) is 0 Å². The Labute approximate surface area is 141 Å². The van der Waals surface area contributed by atoms with Crippen molar-refractivity contribution in [3.8, 4) is 0 Å². The van der Waals surface area contributed by atoms with Gasteiger partial charge in [0.15, 0.2) is 0 Å². The minimum Gasteiger partial charge on any atom is -0.379 e. The van der Waals surface area contributed by atoms with Gasteiger partial charge in [-0.15, -0.1) is 11.6 Å². The van der Waals surface area contributed by atoms with E-state index in [2.05, 4.69) is 4.90 Å². The molecule has 0 saturated carbocycles. The number of alkyl halides is 1. The van der Waals surface area contributed by atoms with Crippen molar-refractivity contribution in [1.29, 1.82) is 0 Å². The molecule has 0 aromatic rings. The lowest BCUT2D eigenvalue weighted by molar-refractivity contribution is -0.00324. The van der Waals surface area contributed by atoms with Crippen LogP contribution in [0.4, 0.5) is 0 Å². The molecule has 0 aliphatic rings. The molecule has 0 atom stereocenters. The fourth-order valence-electron chi connectivity index (χ4n) is 1.66. The SMILES string of the molecule is CN(C)CCOCCOCCOCCOCCCCCCCl. The van der Waals surface area contributed by atoms with Gasteiger partial charge in [-0.2, -0.15) is 0 Å². The number of hydrogen-bond acceptors (Lipinski definition) is 5. The molecule has 0 aliphatic heterocycles. The zero-order valence-corrected chi connectivity index (χ0v) is 15.1. The highest BCUT2D eigenvalue weighted by Gasteiger charge is 1.94. The van der Waals surface area contributed by atoms with Crippen LogP contribution in [0.5, 0.6) is 0 Å². The van der Waals surface area contributed by atoms with E-state index in [-0.39, 0.29) is 0 Å². The number of rotatable bonds is 18. The Kier molecular flexibility index (Phi) is 19.2. The minimum atomic E-state index is 0.607. The van der Waals surface area contributed by atoms with E-state index in [0.29, 0.717) is 39.6 Å². The summed E-state index contributed by atoms with van der Waals surface area (Å²) < 4.78 is 21.7. The zero-order chi connectivity index (χ0) is 16.3. The standard InChI is InChI=1S/C16H34ClNO4/c1-18(2)8-10-20-12-14-22-16-15-21-13-11-19-9-6-4-3-5-7-17/h3-16H2,1-2H3. The first-order chi connectivity index (χ1) is 10.8. The Hall–Kier alpha value is 0.0900. The molecule has 0 radical (unpaired) electrons. The molecule has 0 aromatic heterocycles. The number of unbranched alkanes of at least 4 members (excludes halogenated alkanes) is 3. The van der Waals surface area contributed by atoms with Crippen LogP contribution in [0.15, 0.2) is 0 Å². The second-order valence-corrected chi connectivity index (χ2v) is 5.73. The van der Waals surface area contributed by atoms with Crippen molar-refractivity contribution in [3.05, 3.63) is 0 Å². The highest BCUT2D eigenvalue weighted by atomic mass is 35.5. The average Bonchev–Trinajstić information content (AvgIpc) is 2.50. The molecule has 0 amide bonds. The van der Waals surface area contributed by atoms with Crippen molar-refractivity contribution in [3.63, 3.8) is 0 Å². The van der Waals surface area contributed by atoms with E-state index in [9.17, 15) is 0 Å². The highest BCUT2D eigenvalue weighted by molar-refractivity contribution is 6.17. The van der Waals surface area contributed by atoms with Crippen LogP contribution in [-0.2, 0) is 18.9 Å². The maximum Gasteiger partial charge on any atom is 0.0701 e. The Morgan fingerprint density at radius 3 is 1.55 bits per heavy atom. The van der Waals surface area contributed by atoms with E-state index in [1.165, 1.54) is 12.8 Å². The van der Waals surface area contributed by atoms with Crippen LogP contribution in [-0.4, -0.2) is 84.3 Å². The summed E-state index contributed by atoms with van der Waals surface area (Å²) >= 11 is 5.61. The lowest BCUT2D eigenvalue weighted by atomic mass is 10.2. The Bertz CT molecular complexity index is 209. The summed E-state index contributed by atoms with van der Waals surface area (Å²) in [6.45, 7) is 6.26. The first-order valence-electron chi connectivity index (χ1n) is 8.29. The van der Waals surface area contributed by atoms with Crippen molar-refractivity contribution in [2.45, 2.75) is 25.7 Å². The predicted molar refractivity (Wildman–Crippen MR) is 91.0 cm³/mol. The monoisotopic (exact) mass is 339 g/mol. The van der Waals surface area contributed by atoms with Gasteiger partial charge in [0.05, 0.1) is 46.2 Å².